The second-order valence-electron chi connectivity index (χ2n) is 6.94. The summed E-state index contributed by atoms with van der Waals surface area (Å²) in [6.07, 6.45) is 3.98. The Bertz CT molecular complexity index is 1100. The van der Waals surface area contributed by atoms with E-state index in [2.05, 4.69) is 26.8 Å². The molecule has 10 nitrogen and oxygen atoms in total. The molecule has 166 valence electrons. The molecule has 0 bridgehead atoms. The van der Waals surface area contributed by atoms with E-state index >= 15 is 0 Å². The first-order chi connectivity index (χ1) is 15.5. The fourth-order valence-corrected chi connectivity index (χ4v) is 3.66. The summed E-state index contributed by atoms with van der Waals surface area (Å²) in [5, 5.41) is 11.6. The van der Waals surface area contributed by atoms with Gasteiger partial charge in [-0.15, -0.1) is 0 Å². The highest BCUT2D eigenvalue weighted by atomic mass is 16.5. The summed E-state index contributed by atoms with van der Waals surface area (Å²) in [6.45, 7) is 0.870. The van der Waals surface area contributed by atoms with Gasteiger partial charge in [-0.3, -0.25) is 14.3 Å². The van der Waals surface area contributed by atoms with E-state index in [1.54, 1.807) is 4.90 Å². The summed E-state index contributed by atoms with van der Waals surface area (Å²) in [6, 6.07) is 10.2. The number of methoxy groups -OCH3 is 1. The summed E-state index contributed by atoms with van der Waals surface area (Å²) >= 11 is 0. The first-order valence-electron chi connectivity index (χ1n) is 9.87. The average molecular weight is 437 g/mol. The summed E-state index contributed by atoms with van der Waals surface area (Å²) in [5.41, 5.74) is 4.70. The van der Waals surface area contributed by atoms with Crippen LogP contribution in [0, 0.1) is 0 Å². The molecule has 2 aromatic heterocycles. The van der Waals surface area contributed by atoms with Gasteiger partial charge in [-0.05, 0) is 6.42 Å². The maximum atomic E-state index is 12.9. The Balaban J connectivity index is 0.000000913. The first kappa shape index (κ1) is 22.6. The Morgan fingerprint density at radius 2 is 1.69 bits per heavy atom. The normalized spacial score (nSPS) is 12.6. The number of aryl methyl sites for hydroxylation is 1. The Morgan fingerprint density at radius 3 is 2.31 bits per heavy atom. The maximum Gasteiger partial charge on any atom is 0.358 e. The van der Waals surface area contributed by atoms with Gasteiger partial charge in [-0.2, -0.15) is 5.10 Å². The van der Waals surface area contributed by atoms with Gasteiger partial charge in [-0.25, -0.2) is 14.8 Å². The van der Waals surface area contributed by atoms with Crippen LogP contribution in [0.25, 0.3) is 11.3 Å². The van der Waals surface area contributed by atoms with Gasteiger partial charge in [0, 0.05) is 37.7 Å². The molecular formula is C22H23N5O5. The maximum absolute atomic E-state index is 12.9. The third-order valence-electron chi connectivity index (χ3n) is 5.08. The zero-order valence-corrected chi connectivity index (χ0v) is 17.8. The highest BCUT2D eigenvalue weighted by molar-refractivity contribution is 5.93. The van der Waals surface area contributed by atoms with Crippen molar-refractivity contribution in [2.24, 2.45) is 7.05 Å². The number of benzene rings is 1. The van der Waals surface area contributed by atoms with Crippen molar-refractivity contribution < 1.29 is 24.2 Å². The number of aromatic nitrogens is 4. The molecule has 0 fully saturated rings. The van der Waals surface area contributed by atoms with Crippen molar-refractivity contribution in [1.29, 1.82) is 0 Å². The molecule has 0 radical (unpaired) electrons. The van der Waals surface area contributed by atoms with Crippen LogP contribution in [0.4, 0.5) is 0 Å². The number of esters is 1. The van der Waals surface area contributed by atoms with Gasteiger partial charge in [-0.1, -0.05) is 30.3 Å². The predicted octanol–water partition coefficient (Wildman–Crippen LogP) is 1.61. The van der Waals surface area contributed by atoms with Crippen molar-refractivity contribution in [3.05, 3.63) is 65.4 Å². The van der Waals surface area contributed by atoms with Crippen LogP contribution in [0.5, 0.6) is 0 Å². The Morgan fingerprint density at radius 1 is 1.06 bits per heavy atom. The Hall–Kier alpha value is -4.08. The molecule has 1 aliphatic heterocycles. The van der Waals surface area contributed by atoms with Crippen molar-refractivity contribution in [3.8, 4) is 11.3 Å². The standard InChI is InChI=1S/C21H21N5O3.CH2O2/c1-25-19(14-6-4-3-5-7-14)15-8-10-26(11-9-16(15)24-25)20(27)17-12-23-18(13-22-17)21(28)29-2;2-1-3/h3-7,12-13H,8-11H2,1-2H3;1H,(H,2,3). The number of hydrogen-bond acceptors (Lipinski definition) is 7. The van der Waals surface area contributed by atoms with Gasteiger partial charge in [0.1, 0.15) is 5.69 Å². The lowest BCUT2D eigenvalue weighted by molar-refractivity contribution is -0.122. The predicted molar refractivity (Wildman–Crippen MR) is 114 cm³/mol. The number of carboxylic acid groups (broad SMARTS) is 1. The lowest BCUT2D eigenvalue weighted by Gasteiger charge is -2.19. The van der Waals surface area contributed by atoms with Crippen LogP contribution < -0.4 is 0 Å². The second-order valence-corrected chi connectivity index (χ2v) is 6.94. The lowest BCUT2D eigenvalue weighted by atomic mass is 10.0. The first-order valence-corrected chi connectivity index (χ1v) is 9.87. The summed E-state index contributed by atoms with van der Waals surface area (Å²) < 4.78 is 6.53. The zero-order valence-electron chi connectivity index (χ0n) is 17.8. The molecule has 0 unspecified atom stereocenters. The zero-order chi connectivity index (χ0) is 23.1. The third kappa shape index (κ3) is 4.80. The highest BCUT2D eigenvalue weighted by Gasteiger charge is 2.26. The molecule has 3 heterocycles. The van der Waals surface area contributed by atoms with E-state index in [0.717, 1.165) is 17.0 Å². The minimum atomic E-state index is -0.582. The van der Waals surface area contributed by atoms with Gasteiger partial charge < -0.3 is 14.7 Å². The molecule has 1 aromatic carbocycles. The van der Waals surface area contributed by atoms with E-state index in [-0.39, 0.29) is 23.8 Å². The number of fused-ring (bicyclic) bond motifs is 1. The Labute approximate surface area is 184 Å². The summed E-state index contributed by atoms with van der Waals surface area (Å²) in [5.74, 6) is -0.786. The number of rotatable bonds is 3. The fourth-order valence-electron chi connectivity index (χ4n) is 3.66. The van der Waals surface area contributed by atoms with Gasteiger partial charge in [0.2, 0.25) is 0 Å². The number of nitrogens with zero attached hydrogens (tertiary/aromatic N) is 5. The SMILES string of the molecule is COC(=O)c1cnc(C(=O)N2CCc3nn(C)c(-c4ccccc4)c3CC2)cn1.O=CO. The molecule has 1 aliphatic rings. The largest absolute Gasteiger partial charge is 0.483 e. The molecule has 0 saturated heterocycles. The molecule has 0 atom stereocenters. The molecule has 1 N–H and O–H groups in total. The van der Waals surface area contributed by atoms with Crippen molar-refractivity contribution in [1.82, 2.24) is 24.6 Å². The van der Waals surface area contributed by atoms with Gasteiger partial charge in [0.05, 0.1) is 30.9 Å². The number of amides is 1. The van der Waals surface area contributed by atoms with E-state index in [1.807, 2.05) is 29.9 Å². The number of carbonyl (C=O) groups excluding carboxylic acids is 2. The van der Waals surface area contributed by atoms with Crippen LogP contribution in [0.2, 0.25) is 0 Å². The molecule has 1 amide bonds. The van der Waals surface area contributed by atoms with Crippen LogP contribution in [0.1, 0.15) is 32.2 Å². The van der Waals surface area contributed by atoms with Crippen molar-refractivity contribution in [2.45, 2.75) is 12.8 Å². The summed E-state index contributed by atoms with van der Waals surface area (Å²) in [4.78, 5) is 42.6. The van der Waals surface area contributed by atoms with Crippen LogP contribution >= 0.6 is 0 Å². The third-order valence-corrected chi connectivity index (χ3v) is 5.08. The molecule has 32 heavy (non-hydrogen) atoms. The average Bonchev–Trinajstić information content (AvgIpc) is 3.00. The molecule has 4 rings (SSSR count). The van der Waals surface area contributed by atoms with Crippen molar-refractivity contribution >= 4 is 18.3 Å². The number of carbonyl (C=O) groups is 3. The monoisotopic (exact) mass is 437 g/mol. The Kier molecular flexibility index (Phi) is 7.27. The lowest BCUT2D eigenvalue weighted by Crippen LogP contribution is -2.34. The summed E-state index contributed by atoms with van der Waals surface area (Å²) in [7, 11) is 3.23. The van der Waals surface area contributed by atoms with Gasteiger partial charge in [0.25, 0.3) is 12.4 Å². The minimum Gasteiger partial charge on any atom is -0.483 e. The molecule has 0 spiro atoms. The van der Waals surface area contributed by atoms with E-state index in [9.17, 15) is 9.59 Å². The second kappa shape index (κ2) is 10.3. The molecule has 3 aromatic rings. The number of hydrogen-bond donors (Lipinski definition) is 1. The van der Waals surface area contributed by atoms with E-state index in [4.69, 9.17) is 15.0 Å². The van der Waals surface area contributed by atoms with Crippen LogP contribution in [0.3, 0.4) is 0 Å². The minimum absolute atomic E-state index is 0.0736. The smallest absolute Gasteiger partial charge is 0.358 e. The van der Waals surface area contributed by atoms with Crippen LogP contribution in [-0.2, 0) is 29.4 Å². The van der Waals surface area contributed by atoms with Crippen LogP contribution in [-0.4, -0.2) is 68.3 Å². The van der Waals surface area contributed by atoms with Gasteiger partial charge in [0.15, 0.2) is 5.69 Å². The highest BCUT2D eigenvalue weighted by Crippen LogP contribution is 2.28. The van der Waals surface area contributed by atoms with Crippen LogP contribution in [0.15, 0.2) is 42.7 Å². The van der Waals surface area contributed by atoms with Crippen molar-refractivity contribution in [2.75, 3.05) is 20.2 Å². The molecule has 10 heteroatoms. The van der Waals surface area contributed by atoms with E-state index < -0.39 is 5.97 Å². The number of ether oxygens (including phenoxy) is 1. The molecule has 0 saturated carbocycles. The van der Waals surface area contributed by atoms with Crippen molar-refractivity contribution in [3.63, 3.8) is 0 Å². The molecular weight excluding hydrogens is 414 g/mol. The van der Waals surface area contributed by atoms with E-state index in [1.165, 1.54) is 25.1 Å². The quantitative estimate of drug-likeness (QED) is 0.484. The topological polar surface area (TPSA) is 128 Å². The molecule has 0 aliphatic carbocycles. The van der Waals surface area contributed by atoms with Gasteiger partial charge >= 0.3 is 5.97 Å². The van der Waals surface area contributed by atoms with E-state index in [0.29, 0.717) is 25.9 Å². The fraction of sp³-hybridized carbons (Fsp3) is 0.273.